The van der Waals surface area contributed by atoms with Crippen molar-refractivity contribution in [3.05, 3.63) is 28.8 Å². The van der Waals surface area contributed by atoms with Gasteiger partial charge in [-0.25, -0.2) is 9.97 Å². The second-order valence-corrected chi connectivity index (χ2v) is 3.85. The summed E-state index contributed by atoms with van der Waals surface area (Å²) in [4.78, 5) is 12.6. The molecule has 16 heavy (non-hydrogen) atoms. The number of thiazole rings is 1. The highest BCUT2D eigenvalue weighted by molar-refractivity contribution is 7.07. The first-order chi connectivity index (χ1) is 7.88. The zero-order chi connectivity index (χ0) is 11.2. The van der Waals surface area contributed by atoms with E-state index in [0.29, 0.717) is 12.5 Å². The van der Waals surface area contributed by atoms with Crippen LogP contribution in [0.1, 0.15) is 12.6 Å². The molecule has 6 heteroatoms. The van der Waals surface area contributed by atoms with Crippen LogP contribution in [0.15, 0.2) is 23.2 Å². The molecule has 0 unspecified atom stereocenters. The number of anilines is 2. The Labute approximate surface area is 98.0 Å². The van der Waals surface area contributed by atoms with E-state index in [-0.39, 0.29) is 0 Å². The zero-order valence-corrected chi connectivity index (χ0v) is 9.79. The van der Waals surface area contributed by atoms with Crippen molar-refractivity contribution < 1.29 is 0 Å². The molecule has 0 aromatic carbocycles. The number of hydrogen-bond donors (Lipinski definition) is 2. The smallest absolute Gasteiger partial charge is 0.224 e. The van der Waals surface area contributed by atoms with Crippen LogP contribution in [0.25, 0.3) is 0 Å². The maximum Gasteiger partial charge on any atom is 0.224 e. The van der Waals surface area contributed by atoms with Gasteiger partial charge < -0.3 is 10.6 Å². The van der Waals surface area contributed by atoms with Crippen LogP contribution in [0.4, 0.5) is 11.8 Å². The Hall–Kier alpha value is -1.69. The summed E-state index contributed by atoms with van der Waals surface area (Å²) in [5.74, 6) is 1.45. The topological polar surface area (TPSA) is 62.7 Å². The van der Waals surface area contributed by atoms with E-state index in [1.165, 1.54) is 0 Å². The fourth-order valence-electron chi connectivity index (χ4n) is 1.21. The Morgan fingerprint density at radius 3 is 3.00 bits per heavy atom. The molecule has 0 atom stereocenters. The maximum absolute atomic E-state index is 4.30. The van der Waals surface area contributed by atoms with Gasteiger partial charge in [0.05, 0.1) is 17.7 Å². The molecule has 0 radical (unpaired) electrons. The van der Waals surface area contributed by atoms with Crippen LogP contribution in [0.5, 0.6) is 0 Å². The number of aromatic nitrogens is 3. The Balaban J connectivity index is 1.96. The molecule has 2 N–H and O–H groups in total. The van der Waals surface area contributed by atoms with Gasteiger partial charge in [-0.15, -0.1) is 11.3 Å². The van der Waals surface area contributed by atoms with Gasteiger partial charge in [-0.05, 0) is 13.0 Å². The minimum atomic E-state index is 0.644. The third-order valence-corrected chi connectivity index (χ3v) is 2.56. The first-order valence-corrected chi connectivity index (χ1v) is 6.00. The minimum absolute atomic E-state index is 0.644. The second-order valence-electron chi connectivity index (χ2n) is 3.13. The van der Waals surface area contributed by atoms with E-state index in [9.17, 15) is 0 Å². The Kier molecular flexibility index (Phi) is 3.66. The normalized spacial score (nSPS) is 10.1. The van der Waals surface area contributed by atoms with Gasteiger partial charge in [-0.1, -0.05) is 0 Å². The van der Waals surface area contributed by atoms with Crippen LogP contribution in [0, 0.1) is 0 Å². The average molecular weight is 235 g/mol. The predicted octanol–water partition coefficient (Wildman–Crippen LogP) is 1.98. The largest absolute Gasteiger partial charge is 0.364 e. The highest BCUT2D eigenvalue weighted by Crippen LogP contribution is 2.08. The van der Waals surface area contributed by atoms with Gasteiger partial charge in [0.25, 0.3) is 0 Å². The molecule has 2 aromatic rings. The van der Waals surface area contributed by atoms with Crippen molar-refractivity contribution in [1.82, 2.24) is 15.0 Å². The van der Waals surface area contributed by atoms with Gasteiger partial charge in [-0.3, -0.25) is 0 Å². The lowest BCUT2D eigenvalue weighted by atomic mass is 10.4. The van der Waals surface area contributed by atoms with Crippen LogP contribution >= 0.6 is 11.3 Å². The number of rotatable bonds is 5. The van der Waals surface area contributed by atoms with E-state index in [1.54, 1.807) is 17.5 Å². The van der Waals surface area contributed by atoms with Crippen molar-refractivity contribution in [1.29, 1.82) is 0 Å². The summed E-state index contributed by atoms with van der Waals surface area (Å²) in [5, 5.41) is 8.28. The average Bonchev–Trinajstić information content (AvgIpc) is 2.80. The van der Waals surface area contributed by atoms with Gasteiger partial charge in [-0.2, -0.15) is 4.98 Å². The van der Waals surface area contributed by atoms with Gasteiger partial charge >= 0.3 is 0 Å². The molecule has 0 aliphatic heterocycles. The van der Waals surface area contributed by atoms with E-state index in [2.05, 4.69) is 25.6 Å². The van der Waals surface area contributed by atoms with E-state index in [1.807, 2.05) is 23.9 Å². The van der Waals surface area contributed by atoms with Crippen molar-refractivity contribution in [2.75, 3.05) is 17.2 Å². The van der Waals surface area contributed by atoms with E-state index in [4.69, 9.17) is 0 Å². The van der Waals surface area contributed by atoms with Gasteiger partial charge in [0, 0.05) is 18.1 Å². The molecule has 5 nitrogen and oxygen atoms in total. The summed E-state index contributed by atoms with van der Waals surface area (Å²) in [7, 11) is 0. The van der Waals surface area contributed by atoms with Crippen LogP contribution in [0.3, 0.4) is 0 Å². The van der Waals surface area contributed by atoms with Crippen LogP contribution in [-0.2, 0) is 6.54 Å². The fourth-order valence-corrected chi connectivity index (χ4v) is 1.76. The zero-order valence-electron chi connectivity index (χ0n) is 8.97. The quantitative estimate of drug-likeness (QED) is 0.829. The molecule has 0 spiro atoms. The molecule has 0 saturated carbocycles. The molecule has 2 aromatic heterocycles. The summed E-state index contributed by atoms with van der Waals surface area (Å²) in [6, 6.07) is 1.84. The first kappa shape index (κ1) is 10.8. The number of nitrogens with zero attached hydrogens (tertiary/aromatic N) is 3. The van der Waals surface area contributed by atoms with Crippen LogP contribution in [-0.4, -0.2) is 21.5 Å². The van der Waals surface area contributed by atoms with Gasteiger partial charge in [0.1, 0.15) is 5.82 Å². The molecule has 2 rings (SSSR count). The molecule has 84 valence electrons. The lowest BCUT2D eigenvalue weighted by molar-refractivity contribution is 1.03. The van der Waals surface area contributed by atoms with Crippen LogP contribution in [0.2, 0.25) is 0 Å². The Morgan fingerprint density at radius 2 is 2.25 bits per heavy atom. The summed E-state index contributed by atoms with van der Waals surface area (Å²) in [6.07, 6.45) is 1.73. The van der Waals surface area contributed by atoms with Crippen LogP contribution < -0.4 is 10.6 Å². The number of nitrogens with one attached hydrogen (secondary N) is 2. The van der Waals surface area contributed by atoms with Crippen molar-refractivity contribution in [2.45, 2.75) is 13.5 Å². The van der Waals surface area contributed by atoms with E-state index in [0.717, 1.165) is 18.1 Å². The molecular weight excluding hydrogens is 222 g/mol. The molecule has 2 heterocycles. The second kappa shape index (κ2) is 5.41. The summed E-state index contributed by atoms with van der Waals surface area (Å²) < 4.78 is 0. The standard InChI is InChI=1S/C10H13N5S/c1-2-11-10-12-4-3-9(15-10)13-5-8-6-16-7-14-8/h3-4,6-7H,2,5H2,1H3,(H2,11,12,13,15). The van der Waals surface area contributed by atoms with E-state index >= 15 is 0 Å². The van der Waals surface area contributed by atoms with Crippen molar-refractivity contribution in [2.24, 2.45) is 0 Å². The maximum atomic E-state index is 4.30. The minimum Gasteiger partial charge on any atom is -0.364 e. The monoisotopic (exact) mass is 235 g/mol. The summed E-state index contributed by atoms with van der Waals surface area (Å²) >= 11 is 1.59. The first-order valence-electron chi connectivity index (χ1n) is 5.06. The molecule has 0 aliphatic rings. The Morgan fingerprint density at radius 1 is 1.31 bits per heavy atom. The van der Waals surface area contributed by atoms with Crippen molar-refractivity contribution in [3.8, 4) is 0 Å². The molecular formula is C10H13N5S. The third kappa shape index (κ3) is 2.90. The molecule has 0 aliphatic carbocycles. The summed E-state index contributed by atoms with van der Waals surface area (Å²) in [5.41, 5.74) is 2.84. The number of hydrogen-bond acceptors (Lipinski definition) is 6. The molecule has 0 bridgehead atoms. The Bertz CT molecular complexity index is 429. The highest BCUT2D eigenvalue weighted by Gasteiger charge is 1.98. The molecule has 0 saturated heterocycles. The SMILES string of the molecule is CCNc1nccc(NCc2cscn2)n1. The van der Waals surface area contributed by atoms with Crippen molar-refractivity contribution in [3.63, 3.8) is 0 Å². The lowest BCUT2D eigenvalue weighted by Gasteiger charge is -2.05. The molecule has 0 amide bonds. The van der Waals surface area contributed by atoms with Gasteiger partial charge in [0.15, 0.2) is 0 Å². The fraction of sp³-hybridized carbons (Fsp3) is 0.300. The predicted molar refractivity (Wildman–Crippen MR) is 65.6 cm³/mol. The third-order valence-electron chi connectivity index (χ3n) is 1.92. The lowest BCUT2D eigenvalue weighted by Crippen LogP contribution is -2.06. The summed E-state index contributed by atoms with van der Waals surface area (Å²) in [6.45, 7) is 3.51. The molecule has 0 fully saturated rings. The van der Waals surface area contributed by atoms with Gasteiger partial charge in [0.2, 0.25) is 5.95 Å². The van der Waals surface area contributed by atoms with E-state index < -0.39 is 0 Å². The highest BCUT2D eigenvalue weighted by atomic mass is 32.1. The van der Waals surface area contributed by atoms with Crippen molar-refractivity contribution >= 4 is 23.1 Å².